The molecule has 1 aromatic heterocycles. The molecule has 2 nitrogen and oxygen atoms in total. The van der Waals surface area contributed by atoms with Crippen LogP contribution in [0.4, 0.5) is 4.39 Å². The zero-order valence-corrected chi connectivity index (χ0v) is 13.0. The fourth-order valence-electron chi connectivity index (χ4n) is 2.71. The van der Waals surface area contributed by atoms with Crippen LogP contribution in [0.5, 0.6) is 0 Å². The van der Waals surface area contributed by atoms with E-state index < -0.39 is 5.82 Å². The first kappa shape index (κ1) is 14.0. The summed E-state index contributed by atoms with van der Waals surface area (Å²) in [5.41, 5.74) is 1.73. The second-order valence-electron chi connectivity index (χ2n) is 5.14. The van der Waals surface area contributed by atoms with Crippen molar-refractivity contribution in [3.8, 4) is 5.69 Å². The average Bonchev–Trinajstić information content (AvgIpc) is 2.41. The topological polar surface area (TPSA) is 22.0 Å². The lowest BCUT2D eigenvalue weighted by atomic mass is 10.1. The Morgan fingerprint density at radius 2 is 1.81 bits per heavy atom. The van der Waals surface area contributed by atoms with Crippen LogP contribution in [0.15, 0.2) is 47.3 Å². The Bertz CT molecular complexity index is 894. The van der Waals surface area contributed by atoms with Crippen LogP contribution in [-0.4, -0.2) is 4.57 Å². The molecule has 0 amide bonds. The molecule has 0 spiro atoms. The number of fused-ring (bicyclic) bond motifs is 1. The van der Waals surface area contributed by atoms with Crippen LogP contribution in [0.3, 0.4) is 0 Å². The lowest BCUT2D eigenvalue weighted by Gasteiger charge is -2.15. The maximum atomic E-state index is 14.2. The first-order chi connectivity index (χ1) is 10.0. The minimum absolute atomic E-state index is 0.183. The van der Waals surface area contributed by atoms with Crippen LogP contribution in [0.2, 0.25) is 0 Å². The normalized spacial score (nSPS) is 11.0. The Morgan fingerprint density at radius 1 is 1.10 bits per heavy atom. The molecule has 4 heteroatoms. The molecule has 0 bridgehead atoms. The fourth-order valence-corrected chi connectivity index (χ4v) is 3.09. The molecular weight excluding hydrogens is 284 g/mol. The van der Waals surface area contributed by atoms with Crippen LogP contribution < -0.4 is 10.9 Å². The predicted molar refractivity (Wildman–Crippen MR) is 88.3 cm³/mol. The number of pyridine rings is 1. The van der Waals surface area contributed by atoms with Gasteiger partial charge < -0.3 is 0 Å². The molecule has 0 radical (unpaired) electrons. The van der Waals surface area contributed by atoms with Crippen molar-refractivity contribution in [2.24, 2.45) is 0 Å². The average molecular weight is 299 g/mol. The van der Waals surface area contributed by atoms with Crippen molar-refractivity contribution < 1.29 is 4.39 Å². The van der Waals surface area contributed by atoms with Gasteiger partial charge in [0.1, 0.15) is 5.82 Å². The van der Waals surface area contributed by atoms with Gasteiger partial charge in [0.25, 0.3) is 5.56 Å². The molecule has 3 rings (SSSR count). The van der Waals surface area contributed by atoms with Crippen molar-refractivity contribution in [1.29, 1.82) is 0 Å². The number of aryl methyl sites for hydroxylation is 2. The highest BCUT2D eigenvalue weighted by atomic mass is 31.0. The van der Waals surface area contributed by atoms with E-state index in [1.165, 1.54) is 10.6 Å². The maximum Gasteiger partial charge on any atom is 0.263 e. The minimum Gasteiger partial charge on any atom is -0.277 e. The van der Waals surface area contributed by atoms with E-state index in [1.54, 1.807) is 12.1 Å². The van der Waals surface area contributed by atoms with Crippen LogP contribution in [0.1, 0.15) is 11.3 Å². The number of hydrogen-bond acceptors (Lipinski definition) is 1. The number of rotatable bonds is 1. The second kappa shape index (κ2) is 5.09. The van der Waals surface area contributed by atoms with Crippen LogP contribution in [0, 0.1) is 19.7 Å². The third-order valence-electron chi connectivity index (χ3n) is 3.68. The molecule has 2 aromatic carbocycles. The summed E-state index contributed by atoms with van der Waals surface area (Å²) in [6.07, 6.45) is 0. The van der Waals surface area contributed by atoms with Gasteiger partial charge in [-0.1, -0.05) is 30.3 Å². The molecule has 21 heavy (non-hydrogen) atoms. The lowest BCUT2D eigenvalue weighted by Crippen LogP contribution is -2.25. The van der Waals surface area contributed by atoms with Crippen molar-refractivity contribution in [2.75, 3.05) is 0 Å². The molecule has 0 saturated heterocycles. The molecule has 106 valence electrons. The van der Waals surface area contributed by atoms with E-state index in [2.05, 4.69) is 9.24 Å². The third kappa shape index (κ3) is 2.18. The number of benzene rings is 2. The largest absolute Gasteiger partial charge is 0.277 e. The van der Waals surface area contributed by atoms with Crippen molar-refractivity contribution in [3.63, 3.8) is 0 Å². The zero-order valence-electron chi connectivity index (χ0n) is 11.9. The summed E-state index contributed by atoms with van der Waals surface area (Å²) < 4.78 is 15.7. The molecule has 1 unspecified atom stereocenters. The highest BCUT2D eigenvalue weighted by Gasteiger charge is 2.15. The maximum absolute atomic E-state index is 14.2. The van der Waals surface area contributed by atoms with E-state index in [0.29, 0.717) is 22.1 Å². The van der Waals surface area contributed by atoms with E-state index in [-0.39, 0.29) is 5.56 Å². The van der Waals surface area contributed by atoms with E-state index in [9.17, 15) is 9.18 Å². The van der Waals surface area contributed by atoms with Gasteiger partial charge in [0.2, 0.25) is 0 Å². The first-order valence-electron chi connectivity index (χ1n) is 6.67. The Hall–Kier alpha value is -1.99. The van der Waals surface area contributed by atoms with E-state index >= 15 is 0 Å². The molecular formula is C17H15FNOP. The Morgan fingerprint density at radius 3 is 2.52 bits per heavy atom. The smallest absolute Gasteiger partial charge is 0.263 e. The highest BCUT2D eigenvalue weighted by molar-refractivity contribution is 7.27. The summed E-state index contributed by atoms with van der Waals surface area (Å²) in [6.45, 7) is 3.71. The SMILES string of the molecule is Cc1cccc2cc(C)n(-c3c(F)cccc3P)c(=O)c12. The second-order valence-corrected chi connectivity index (χ2v) is 5.77. The molecule has 1 atom stereocenters. The van der Waals surface area contributed by atoms with Gasteiger partial charge >= 0.3 is 0 Å². The lowest BCUT2D eigenvalue weighted by molar-refractivity contribution is 0.616. The van der Waals surface area contributed by atoms with Gasteiger partial charge in [0.15, 0.2) is 0 Å². The monoisotopic (exact) mass is 299 g/mol. The van der Waals surface area contributed by atoms with Crippen LogP contribution in [-0.2, 0) is 0 Å². The zero-order chi connectivity index (χ0) is 15.1. The molecule has 0 aliphatic rings. The quantitative estimate of drug-likeness (QED) is 0.632. The van der Waals surface area contributed by atoms with Gasteiger partial charge in [0.05, 0.1) is 11.1 Å². The van der Waals surface area contributed by atoms with Crippen molar-refractivity contribution in [3.05, 3.63) is 69.9 Å². The standard InChI is InChI=1S/C17H15FNOP/c1-10-5-3-6-12-9-11(2)19(17(20)15(10)12)16-13(18)7-4-8-14(16)21/h3-9H,21H2,1-2H3. The summed E-state index contributed by atoms with van der Waals surface area (Å²) in [6, 6.07) is 12.4. The molecule has 0 saturated carbocycles. The Balaban J connectivity index is 2.50. The van der Waals surface area contributed by atoms with Crippen molar-refractivity contribution >= 4 is 25.3 Å². The number of halogens is 1. The molecule has 0 N–H and O–H groups in total. The van der Waals surface area contributed by atoms with Gasteiger partial charge in [-0.15, -0.1) is 9.24 Å². The first-order valence-corrected chi connectivity index (χ1v) is 7.25. The van der Waals surface area contributed by atoms with E-state index in [0.717, 1.165) is 10.9 Å². The van der Waals surface area contributed by atoms with Crippen molar-refractivity contribution in [2.45, 2.75) is 13.8 Å². The summed E-state index contributed by atoms with van der Waals surface area (Å²) in [7, 11) is 2.49. The fraction of sp³-hybridized carbons (Fsp3) is 0.118. The number of para-hydroxylation sites is 1. The van der Waals surface area contributed by atoms with E-state index in [1.807, 2.05) is 38.1 Å². The van der Waals surface area contributed by atoms with E-state index in [4.69, 9.17) is 0 Å². The summed E-state index contributed by atoms with van der Waals surface area (Å²) >= 11 is 0. The Labute approximate surface area is 124 Å². The molecule has 0 fully saturated rings. The van der Waals surface area contributed by atoms with Gasteiger partial charge in [0, 0.05) is 5.69 Å². The molecule has 3 aromatic rings. The van der Waals surface area contributed by atoms with Gasteiger partial charge in [-0.05, 0) is 42.2 Å². The predicted octanol–water partition coefficient (Wildman–Crippen LogP) is 3.25. The molecule has 1 heterocycles. The van der Waals surface area contributed by atoms with Gasteiger partial charge in [-0.3, -0.25) is 9.36 Å². The number of aromatic nitrogens is 1. The number of hydrogen-bond donors (Lipinski definition) is 0. The molecule has 0 aliphatic heterocycles. The minimum atomic E-state index is -0.402. The Kier molecular flexibility index (Phi) is 3.38. The van der Waals surface area contributed by atoms with Gasteiger partial charge in [-0.25, -0.2) is 4.39 Å². The third-order valence-corrected chi connectivity index (χ3v) is 4.15. The summed E-state index contributed by atoms with van der Waals surface area (Å²) in [5, 5.41) is 2.18. The number of nitrogens with zero attached hydrogens (tertiary/aromatic N) is 1. The van der Waals surface area contributed by atoms with Crippen molar-refractivity contribution in [1.82, 2.24) is 4.57 Å². The highest BCUT2D eigenvalue weighted by Crippen LogP contribution is 2.19. The molecule has 0 aliphatic carbocycles. The van der Waals surface area contributed by atoms with Crippen LogP contribution in [0.25, 0.3) is 16.5 Å². The van der Waals surface area contributed by atoms with Crippen LogP contribution >= 0.6 is 9.24 Å². The summed E-state index contributed by atoms with van der Waals surface area (Å²) in [4.78, 5) is 12.9. The van der Waals surface area contributed by atoms with Gasteiger partial charge in [-0.2, -0.15) is 0 Å². The summed E-state index contributed by atoms with van der Waals surface area (Å²) in [5.74, 6) is -0.402.